The molecule has 0 aromatic heterocycles. The first-order chi connectivity index (χ1) is 10.2. The lowest BCUT2D eigenvalue weighted by molar-refractivity contribution is -0.295. The molecule has 5 N–H and O–H groups in total. The van der Waals surface area contributed by atoms with Gasteiger partial charge in [0, 0.05) is 13.3 Å². The summed E-state index contributed by atoms with van der Waals surface area (Å²) in [7, 11) is 0.970. The summed E-state index contributed by atoms with van der Waals surface area (Å²) >= 11 is 0. The summed E-state index contributed by atoms with van der Waals surface area (Å²) in [4.78, 5) is 22.7. The molecule has 0 spiro atoms. The minimum absolute atomic E-state index is 0.594. The molecule has 128 valence electrons. The van der Waals surface area contributed by atoms with Crippen LogP contribution in [0.4, 0.5) is 4.39 Å². The molecule has 1 heterocycles. The third kappa shape index (κ3) is 3.90. The Morgan fingerprint density at radius 2 is 2.09 bits per heavy atom. The number of amides is 1. The van der Waals surface area contributed by atoms with Crippen molar-refractivity contribution in [2.24, 2.45) is 0 Å². The first kappa shape index (κ1) is 18.7. The van der Waals surface area contributed by atoms with Crippen LogP contribution in [-0.4, -0.2) is 82.3 Å². The van der Waals surface area contributed by atoms with Crippen LogP contribution in [0.1, 0.15) is 13.3 Å². The number of nitrogens with one attached hydrogen (secondary N) is 1. The maximum absolute atomic E-state index is 12.5. The summed E-state index contributed by atoms with van der Waals surface area (Å²) in [5.41, 5.74) is 0. The van der Waals surface area contributed by atoms with Gasteiger partial charge in [-0.05, 0) is 0 Å². The Bertz CT molecular complexity index is 422. The number of aliphatic hydroxyl groups excluding tert-OH is 3. The minimum atomic E-state index is -2.59. The minimum Gasteiger partial charge on any atom is -0.465 e. The number of hydrogen-bond acceptors (Lipinski definition) is 8. The largest absolute Gasteiger partial charge is 0.465 e. The van der Waals surface area contributed by atoms with Gasteiger partial charge in [-0.2, -0.15) is 0 Å². The number of carbonyl (C=O) groups excluding carboxylic acids is 2. The summed E-state index contributed by atoms with van der Waals surface area (Å²) in [6.45, 7) is -0.205. The number of ether oxygens (including phenoxy) is 2. The van der Waals surface area contributed by atoms with Crippen molar-refractivity contribution < 1.29 is 43.9 Å². The van der Waals surface area contributed by atoms with Gasteiger partial charge in [-0.1, -0.05) is 0 Å². The molecule has 1 fully saturated rings. The summed E-state index contributed by atoms with van der Waals surface area (Å²) in [6, 6.07) is -1.27. The zero-order chi connectivity index (χ0) is 17.1. The van der Waals surface area contributed by atoms with Crippen molar-refractivity contribution in [3.63, 3.8) is 0 Å². The lowest BCUT2D eigenvalue weighted by atomic mass is 9.88. The fourth-order valence-electron chi connectivity index (χ4n) is 2.27. The topological polar surface area (TPSA) is 146 Å². The van der Waals surface area contributed by atoms with Crippen molar-refractivity contribution in [2.75, 3.05) is 13.8 Å². The van der Waals surface area contributed by atoms with Crippen LogP contribution in [0.25, 0.3) is 0 Å². The van der Waals surface area contributed by atoms with Crippen LogP contribution in [0.2, 0.25) is 0 Å². The molecule has 0 aromatic rings. The molecule has 22 heavy (non-hydrogen) atoms. The highest BCUT2D eigenvalue weighted by Gasteiger charge is 2.54. The summed E-state index contributed by atoms with van der Waals surface area (Å²) in [6.07, 6.45) is -7.59. The van der Waals surface area contributed by atoms with Crippen molar-refractivity contribution in [3.8, 4) is 0 Å². The van der Waals surface area contributed by atoms with E-state index in [9.17, 15) is 34.4 Å². The smallest absolute Gasteiger partial charge is 0.366 e. The fourth-order valence-corrected chi connectivity index (χ4v) is 2.27. The molecule has 1 aliphatic rings. The van der Waals surface area contributed by atoms with Crippen LogP contribution < -0.4 is 5.32 Å². The molecule has 0 bridgehead atoms. The average Bonchev–Trinajstić information content (AvgIpc) is 2.46. The Morgan fingerprint density at radius 1 is 1.50 bits per heavy atom. The number of rotatable bonds is 5. The van der Waals surface area contributed by atoms with Gasteiger partial charge in [-0.25, -0.2) is 9.18 Å². The molecule has 0 aromatic carbocycles. The molecular weight excluding hydrogens is 305 g/mol. The van der Waals surface area contributed by atoms with Gasteiger partial charge in [-0.15, -0.1) is 0 Å². The van der Waals surface area contributed by atoms with E-state index in [1.54, 1.807) is 0 Å². The maximum atomic E-state index is 12.5. The number of carbonyl (C=O) groups is 2. The standard InChI is InChI=1S/C12H20FNO8/c1-5(15)14-8-6(16)3-12(20,11(19)21-2)22-10(8)9(18)7(17)4-13/h6-10,16-18,20H,3-4H2,1-2H3,(H,14,15)/t6-,7+,8+,9+,10+,12+/m0/s1. The Hall–Kier alpha value is -1.33. The van der Waals surface area contributed by atoms with Gasteiger partial charge in [0.2, 0.25) is 5.91 Å². The van der Waals surface area contributed by atoms with Gasteiger partial charge >= 0.3 is 5.97 Å². The van der Waals surface area contributed by atoms with Gasteiger partial charge in [0.15, 0.2) is 0 Å². The predicted octanol–water partition coefficient (Wildman–Crippen LogP) is -2.81. The number of aliphatic hydroxyl groups is 4. The van der Waals surface area contributed by atoms with Crippen LogP contribution in [0.5, 0.6) is 0 Å². The molecule has 0 unspecified atom stereocenters. The van der Waals surface area contributed by atoms with E-state index in [0.717, 1.165) is 14.0 Å². The van der Waals surface area contributed by atoms with E-state index in [-0.39, 0.29) is 0 Å². The van der Waals surface area contributed by atoms with Gasteiger partial charge < -0.3 is 35.2 Å². The molecule has 10 heteroatoms. The summed E-state index contributed by atoms with van der Waals surface area (Å²) in [5.74, 6) is -4.42. The molecular formula is C12H20FNO8. The van der Waals surface area contributed by atoms with E-state index in [1.165, 1.54) is 0 Å². The van der Waals surface area contributed by atoms with Crippen LogP contribution in [-0.2, 0) is 19.1 Å². The average molecular weight is 325 g/mol. The zero-order valence-electron chi connectivity index (χ0n) is 12.1. The van der Waals surface area contributed by atoms with Crippen LogP contribution in [0, 0.1) is 0 Å². The third-order valence-corrected chi connectivity index (χ3v) is 3.35. The number of esters is 1. The van der Waals surface area contributed by atoms with Crippen molar-refractivity contribution in [1.29, 1.82) is 0 Å². The van der Waals surface area contributed by atoms with E-state index >= 15 is 0 Å². The molecule has 1 saturated heterocycles. The zero-order valence-corrected chi connectivity index (χ0v) is 12.1. The monoisotopic (exact) mass is 325 g/mol. The molecule has 1 amide bonds. The van der Waals surface area contributed by atoms with Gasteiger partial charge in [0.1, 0.15) is 25.0 Å². The van der Waals surface area contributed by atoms with Crippen LogP contribution in [0.3, 0.4) is 0 Å². The van der Waals surface area contributed by atoms with Crippen LogP contribution >= 0.6 is 0 Å². The molecule has 0 aliphatic carbocycles. The van der Waals surface area contributed by atoms with Crippen molar-refractivity contribution in [3.05, 3.63) is 0 Å². The van der Waals surface area contributed by atoms with E-state index in [0.29, 0.717) is 0 Å². The van der Waals surface area contributed by atoms with Gasteiger partial charge in [0.05, 0.1) is 19.3 Å². The highest BCUT2D eigenvalue weighted by Crippen LogP contribution is 2.31. The molecule has 0 radical (unpaired) electrons. The SMILES string of the molecule is COC(=O)[C@@]1(O)C[C@H](O)[C@@H](NC(C)=O)[C@H]([C@H](O)[C@H](O)CF)O1. The first-order valence-corrected chi connectivity index (χ1v) is 6.52. The Kier molecular flexibility index (Phi) is 6.20. The number of methoxy groups -OCH3 is 1. The van der Waals surface area contributed by atoms with E-state index < -0.39 is 61.2 Å². The predicted molar refractivity (Wildman–Crippen MR) is 68.1 cm³/mol. The second-order valence-electron chi connectivity index (χ2n) is 5.07. The van der Waals surface area contributed by atoms with E-state index in [1.807, 2.05) is 0 Å². The second-order valence-corrected chi connectivity index (χ2v) is 5.07. The van der Waals surface area contributed by atoms with Crippen LogP contribution in [0.15, 0.2) is 0 Å². The normalized spacial score (nSPS) is 34.6. The maximum Gasteiger partial charge on any atom is 0.366 e. The Balaban J connectivity index is 3.09. The van der Waals surface area contributed by atoms with Crippen molar-refractivity contribution in [2.45, 2.75) is 49.6 Å². The number of halogens is 1. The van der Waals surface area contributed by atoms with E-state index in [2.05, 4.69) is 10.1 Å². The lowest BCUT2D eigenvalue weighted by Gasteiger charge is -2.44. The summed E-state index contributed by atoms with van der Waals surface area (Å²) < 4.78 is 21.9. The second kappa shape index (κ2) is 7.29. The molecule has 1 aliphatic heterocycles. The molecule has 6 atom stereocenters. The first-order valence-electron chi connectivity index (χ1n) is 6.52. The third-order valence-electron chi connectivity index (χ3n) is 3.35. The molecule has 0 saturated carbocycles. The summed E-state index contributed by atoms with van der Waals surface area (Å²) in [5, 5.41) is 41.6. The van der Waals surface area contributed by atoms with Gasteiger partial charge in [-0.3, -0.25) is 4.79 Å². The molecule has 9 nitrogen and oxygen atoms in total. The van der Waals surface area contributed by atoms with Gasteiger partial charge in [0.25, 0.3) is 5.79 Å². The number of hydrogen-bond donors (Lipinski definition) is 5. The van der Waals surface area contributed by atoms with Crippen molar-refractivity contribution >= 4 is 11.9 Å². The Morgan fingerprint density at radius 3 is 2.55 bits per heavy atom. The van der Waals surface area contributed by atoms with E-state index in [4.69, 9.17) is 4.74 Å². The number of alkyl halides is 1. The highest BCUT2D eigenvalue weighted by molar-refractivity contribution is 5.78. The molecule has 1 rings (SSSR count). The van der Waals surface area contributed by atoms with Crippen molar-refractivity contribution in [1.82, 2.24) is 5.32 Å². The quantitative estimate of drug-likeness (QED) is 0.341. The fraction of sp³-hybridized carbons (Fsp3) is 0.833. The lowest BCUT2D eigenvalue weighted by Crippen LogP contribution is -2.67. The highest BCUT2D eigenvalue weighted by atomic mass is 19.1. The Labute approximate surface area is 125 Å².